The molecule has 6 saturated heterocycles. The zero-order valence-electron chi connectivity index (χ0n) is 41.2. The fourth-order valence-corrected chi connectivity index (χ4v) is 9.99. The predicted molar refractivity (Wildman–Crippen MR) is 237 cm³/mol. The normalized spacial score (nSPS) is 50.8. The standard InChI is InChI=1S/C43H76O26.C2H6/c1-6-18-27(47)36(56)39(15(3)65-18)61-13-25-33(53)43(63-11-23-32(52)38(58)40(16(4)67-23)59-9-21-29(49)34(54)26(46)14(2)64-21)42(20(8-45)69-25)62-10-22-31(51)37(57)41(17(5)66-22)60-12-24-30(50)35(55)28(48)19(7-44)68-24;1-2/h14-58H,6-13H2,1-5H3;1-2H3. The molecule has 71 heavy (non-hydrogen) atoms. The second-order valence-corrected chi connectivity index (χ2v) is 19.1. The van der Waals surface area contributed by atoms with Crippen molar-refractivity contribution >= 4 is 0 Å². The first-order chi connectivity index (χ1) is 33.6. The molecule has 26 heteroatoms. The molecule has 0 amide bonds. The second-order valence-electron chi connectivity index (χ2n) is 19.1. The van der Waals surface area contributed by atoms with E-state index >= 15 is 0 Å². The first kappa shape index (κ1) is 60.8. The summed E-state index contributed by atoms with van der Waals surface area (Å²) in [5.41, 5.74) is 0. The lowest BCUT2D eigenvalue weighted by Crippen LogP contribution is -2.65. The first-order valence-corrected chi connectivity index (χ1v) is 24.7. The molecule has 26 nitrogen and oxygen atoms in total. The van der Waals surface area contributed by atoms with Crippen molar-refractivity contribution in [3.63, 3.8) is 0 Å². The third-order valence-electron chi connectivity index (χ3n) is 14.3. The van der Waals surface area contributed by atoms with Crippen molar-refractivity contribution in [2.45, 2.75) is 238 Å². The smallest absolute Gasteiger partial charge is 0.115 e. The van der Waals surface area contributed by atoms with Gasteiger partial charge in [0, 0.05) is 0 Å². The largest absolute Gasteiger partial charge is 0.394 e. The highest BCUT2D eigenvalue weighted by Gasteiger charge is 2.53. The molecule has 6 heterocycles. The van der Waals surface area contributed by atoms with Gasteiger partial charge in [-0.2, -0.15) is 0 Å². The van der Waals surface area contributed by atoms with Crippen LogP contribution in [-0.2, 0) is 52.1 Å². The lowest BCUT2D eigenvalue weighted by Gasteiger charge is -2.47. The number of rotatable bonds is 18. The molecule has 6 rings (SSSR count). The number of aliphatic hydroxyl groups is 15. The van der Waals surface area contributed by atoms with E-state index in [-0.39, 0.29) is 6.61 Å². The van der Waals surface area contributed by atoms with E-state index in [4.69, 9.17) is 52.1 Å². The van der Waals surface area contributed by atoms with Crippen molar-refractivity contribution < 1.29 is 129 Å². The molecule has 0 radical (unpaired) electrons. The van der Waals surface area contributed by atoms with Gasteiger partial charge in [-0.25, -0.2) is 0 Å². The molecule has 0 bridgehead atoms. The molecule has 30 atom stereocenters. The van der Waals surface area contributed by atoms with Crippen LogP contribution >= 0.6 is 0 Å². The van der Waals surface area contributed by atoms with Crippen molar-refractivity contribution in [2.24, 2.45) is 0 Å². The molecule has 0 spiro atoms. The van der Waals surface area contributed by atoms with Crippen molar-refractivity contribution in [3.8, 4) is 0 Å². The molecule has 0 aromatic heterocycles. The maximum Gasteiger partial charge on any atom is 0.115 e. The highest BCUT2D eigenvalue weighted by atomic mass is 16.6. The van der Waals surface area contributed by atoms with Crippen LogP contribution < -0.4 is 0 Å². The summed E-state index contributed by atoms with van der Waals surface area (Å²) in [6, 6.07) is 0. The topological polar surface area (TPSA) is 405 Å². The summed E-state index contributed by atoms with van der Waals surface area (Å²) in [6.45, 7) is 8.32. The Morgan fingerprint density at radius 2 is 0.563 bits per heavy atom. The van der Waals surface area contributed by atoms with Gasteiger partial charge in [0.2, 0.25) is 0 Å². The maximum absolute atomic E-state index is 11.9. The summed E-state index contributed by atoms with van der Waals surface area (Å²) >= 11 is 0. The van der Waals surface area contributed by atoms with Crippen LogP contribution in [0.2, 0.25) is 0 Å². The molecular weight excluding hydrogens is 956 g/mol. The van der Waals surface area contributed by atoms with Gasteiger partial charge < -0.3 is 129 Å². The minimum absolute atomic E-state index is 0.357. The van der Waals surface area contributed by atoms with Crippen LogP contribution in [0.15, 0.2) is 0 Å². The molecule has 0 saturated carbocycles. The average Bonchev–Trinajstić information content (AvgIpc) is 3.35. The van der Waals surface area contributed by atoms with Crippen LogP contribution in [0.25, 0.3) is 0 Å². The highest BCUT2D eigenvalue weighted by Crippen LogP contribution is 2.34. The third kappa shape index (κ3) is 13.7. The van der Waals surface area contributed by atoms with Gasteiger partial charge in [-0.1, -0.05) is 20.8 Å². The number of hydrogen-bond donors (Lipinski definition) is 15. The summed E-state index contributed by atoms with van der Waals surface area (Å²) in [5, 5.41) is 160. The monoisotopic (exact) mass is 1040 g/mol. The average molecular weight is 1040 g/mol. The van der Waals surface area contributed by atoms with Crippen molar-refractivity contribution in [1.29, 1.82) is 0 Å². The molecule has 0 aromatic carbocycles. The van der Waals surface area contributed by atoms with Gasteiger partial charge in [0.1, 0.15) is 153 Å². The van der Waals surface area contributed by atoms with E-state index in [1.54, 1.807) is 13.8 Å². The van der Waals surface area contributed by atoms with Gasteiger partial charge in [0.05, 0.1) is 76.8 Å². The molecule has 15 N–H and O–H groups in total. The molecule has 6 aliphatic rings. The van der Waals surface area contributed by atoms with Gasteiger partial charge in [0.15, 0.2) is 0 Å². The van der Waals surface area contributed by atoms with Gasteiger partial charge in [-0.05, 0) is 34.1 Å². The second kappa shape index (κ2) is 27.3. The molecule has 30 unspecified atom stereocenters. The summed E-state index contributed by atoms with van der Waals surface area (Å²) in [5.74, 6) is 0. The molecule has 418 valence electrons. The Hall–Kier alpha value is -1.04. The molecular formula is C45H82O26. The SMILES string of the molecule is CC.CCC1OC(C)C(OCC2OC(CO)C(OCC3OC(C)C(OCC4OC(CO)C(O)C(O)C4O)C(O)C3O)C(OCC3OC(C)C(OCC4OC(C)C(O)C(O)C4O)C(O)C3O)C2O)C(O)C1O. The lowest BCUT2D eigenvalue weighted by molar-refractivity contribution is -0.298. The molecule has 0 aromatic rings. The summed E-state index contributed by atoms with van der Waals surface area (Å²) < 4.78 is 65.0. The Kier molecular flexibility index (Phi) is 23.4. The van der Waals surface area contributed by atoms with E-state index < -0.39 is 223 Å². The Labute approximate surface area is 412 Å². The van der Waals surface area contributed by atoms with E-state index in [0.717, 1.165) is 0 Å². The van der Waals surface area contributed by atoms with Crippen molar-refractivity contribution in [1.82, 2.24) is 0 Å². The van der Waals surface area contributed by atoms with E-state index in [9.17, 15) is 76.6 Å². The van der Waals surface area contributed by atoms with Gasteiger partial charge in [-0.15, -0.1) is 0 Å². The Morgan fingerprint density at radius 1 is 0.282 bits per heavy atom. The van der Waals surface area contributed by atoms with Gasteiger partial charge >= 0.3 is 0 Å². The zero-order valence-corrected chi connectivity index (χ0v) is 41.2. The lowest BCUT2D eigenvalue weighted by atomic mass is 9.92. The molecule has 0 aliphatic carbocycles. The molecule has 6 aliphatic heterocycles. The van der Waals surface area contributed by atoms with Crippen LogP contribution in [0.3, 0.4) is 0 Å². The fourth-order valence-electron chi connectivity index (χ4n) is 9.99. The zero-order chi connectivity index (χ0) is 52.8. The van der Waals surface area contributed by atoms with Crippen LogP contribution in [0.1, 0.15) is 54.9 Å². The number of ether oxygens (including phenoxy) is 11. The van der Waals surface area contributed by atoms with Crippen LogP contribution in [0.4, 0.5) is 0 Å². The van der Waals surface area contributed by atoms with Gasteiger partial charge in [0.25, 0.3) is 0 Å². The van der Waals surface area contributed by atoms with E-state index in [0.29, 0.717) is 6.42 Å². The van der Waals surface area contributed by atoms with Crippen LogP contribution in [0, 0.1) is 0 Å². The van der Waals surface area contributed by atoms with E-state index in [1.807, 2.05) is 13.8 Å². The summed E-state index contributed by atoms with van der Waals surface area (Å²) in [4.78, 5) is 0. The number of hydrogen-bond acceptors (Lipinski definition) is 26. The van der Waals surface area contributed by atoms with Crippen LogP contribution in [0.5, 0.6) is 0 Å². The number of aliphatic hydroxyl groups excluding tert-OH is 15. The summed E-state index contributed by atoms with van der Waals surface area (Å²) in [7, 11) is 0. The quantitative estimate of drug-likeness (QED) is 0.0606. The Bertz CT molecular complexity index is 1540. The summed E-state index contributed by atoms with van der Waals surface area (Å²) in [6.07, 6.45) is -38.8. The molecule has 6 fully saturated rings. The van der Waals surface area contributed by atoms with Crippen molar-refractivity contribution in [3.05, 3.63) is 0 Å². The van der Waals surface area contributed by atoms with E-state index in [2.05, 4.69) is 0 Å². The maximum atomic E-state index is 11.9. The third-order valence-corrected chi connectivity index (χ3v) is 14.3. The Balaban J connectivity index is 0.00000463. The first-order valence-electron chi connectivity index (χ1n) is 24.7. The predicted octanol–water partition coefficient (Wildman–Crippen LogP) is -7.29. The minimum Gasteiger partial charge on any atom is -0.394 e. The minimum atomic E-state index is -1.69. The highest BCUT2D eigenvalue weighted by molar-refractivity contribution is 5.00. The Morgan fingerprint density at radius 3 is 0.972 bits per heavy atom. The van der Waals surface area contributed by atoms with E-state index in [1.165, 1.54) is 20.8 Å². The van der Waals surface area contributed by atoms with Gasteiger partial charge in [-0.3, -0.25) is 0 Å². The van der Waals surface area contributed by atoms with Crippen molar-refractivity contribution in [2.75, 3.05) is 46.2 Å². The van der Waals surface area contributed by atoms with Crippen LogP contribution in [-0.4, -0.2) is 306 Å². The fraction of sp³-hybridized carbons (Fsp3) is 1.00.